The van der Waals surface area contributed by atoms with Crippen molar-refractivity contribution in [1.82, 2.24) is 0 Å². The van der Waals surface area contributed by atoms with E-state index in [1.165, 1.54) is 52.3 Å². The summed E-state index contributed by atoms with van der Waals surface area (Å²) in [5, 5.41) is 9.31. The first-order valence-electron chi connectivity index (χ1n) is 9.92. The molecule has 0 amide bonds. The summed E-state index contributed by atoms with van der Waals surface area (Å²) in [6.45, 7) is 5.09. The normalized spacial score (nSPS) is 9.62. The van der Waals surface area contributed by atoms with Gasteiger partial charge >= 0.3 is 11.9 Å². The molecule has 0 spiro atoms. The highest BCUT2D eigenvalue weighted by molar-refractivity contribution is 6.00. The van der Waals surface area contributed by atoms with Crippen LogP contribution in [0.3, 0.4) is 0 Å². The number of phenols is 1. The molecular formula is C23H27FO8. The number of rotatable bonds is 6. The van der Waals surface area contributed by atoms with E-state index in [1.54, 1.807) is 12.1 Å². The smallest absolute Gasteiger partial charge is 0.341 e. The molecule has 32 heavy (non-hydrogen) atoms. The monoisotopic (exact) mass is 451 g/mol. The number of ketones is 2. The van der Waals surface area contributed by atoms with Crippen molar-refractivity contribution >= 4 is 23.5 Å². The number of carbonyl (C=O) groups is 4. The largest absolute Gasteiger partial charge is 0.507 e. The van der Waals surface area contributed by atoms with Gasteiger partial charge in [-0.2, -0.15) is 0 Å². The SMILES string of the molecule is CCOc1ccc(C(C)=O)cc1C(=O)OC.COC(=O)c1cc(C(C)=O)ccc1O.[2H]CF. The molecule has 0 unspecified atom stereocenters. The number of hydrogen-bond donors (Lipinski definition) is 1. The quantitative estimate of drug-likeness (QED) is 0.517. The van der Waals surface area contributed by atoms with Crippen LogP contribution in [0.1, 0.15) is 63.6 Å². The Labute approximate surface area is 187 Å². The van der Waals surface area contributed by atoms with E-state index in [-0.39, 0.29) is 28.4 Å². The fraction of sp³-hybridized carbons (Fsp3) is 0.304. The maximum Gasteiger partial charge on any atom is 0.341 e. The lowest BCUT2D eigenvalue weighted by molar-refractivity contribution is 0.0587. The van der Waals surface area contributed by atoms with Crippen LogP contribution >= 0.6 is 0 Å². The van der Waals surface area contributed by atoms with Crippen molar-refractivity contribution in [3.8, 4) is 11.5 Å². The van der Waals surface area contributed by atoms with E-state index in [1.807, 2.05) is 6.92 Å². The second kappa shape index (κ2) is 14.3. The molecule has 0 heterocycles. The summed E-state index contributed by atoms with van der Waals surface area (Å²) in [5.41, 5.74) is 1.10. The summed E-state index contributed by atoms with van der Waals surface area (Å²) in [6, 6.07) is 8.77. The zero-order valence-electron chi connectivity index (χ0n) is 19.6. The fourth-order valence-corrected chi connectivity index (χ4v) is 2.33. The average Bonchev–Trinajstić information content (AvgIpc) is 2.79. The number of phenolic OH excluding ortho intramolecular Hbond substituents is 1. The summed E-state index contributed by atoms with van der Waals surface area (Å²) in [5.74, 6) is -1.21. The third-order valence-corrected chi connectivity index (χ3v) is 3.90. The molecule has 0 aliphatic rings. The Hall–Kier alpha value is -3.75. The highest BCUT2D eigenvalue weighted by Crippen LogP contribution is 2.22. The topological polar surface area (TPSA) is 116 Å². The van der Waals surface area contributed by atoms with Crippen LogP contribution in [0.4, 0.5) is 4.39 Å². The van der Waals surface area contributed by atoms with Crippen molar-refractivity contribution in [1.29, 1.82) is 0 Å². The van der Waals surface area contributed by atoms with Crippen molar-refractivity contribution in [3.05, 3.63) is 58.7 Å². The molecule has 0 atom stereocenters. The minimum atomic E-state index is -1.00. The molecule has 8 nitrogen and oxygen atoms in total. The van der Waals surface area contributed by atoms with Crippen LogP contribution in [-0.4, -0.2) is 56.6 Å². The van der Waals surface area contributed by atoms with Crippen LogP contribution in [-0.2, 0) is 9.47 Å². The summed E-state index contributed by atoms with van der Waals surface area (Å²) in [6.07, 6.45) is 0. The molecule has 0 aromatic heterocycles. The van der Waals surface area contributed by atoms with Crippen LogP contribution < -0.4 is 4.74 Å². The van der Waals surface area contributed by atoms with Gasteiger partial charge in [-0.1, -0.05) is 0 Å². The van der Waals surface area contributed by atoms with Gasteiger partial charge < -0.3 is 19.3 Å². The number of carbonyl (C=O) groups excluding carboxylic acids is 4. The van der Waals surface area contributed by atoms with E-state index in [2.05, 4.69) is 9.47 Å². The van der Waals surface area contributed by atoms with E-state index in [0.29, 0.717) is 23.5 Å². The van der Waals surface area contributed by atoms with Crippen molar-refractivity contribution in [2.45, 2.75) is 20.8 Å². The van der Waals surface area contributed by atoms with Gasteiger partial charge in [0.15, 0.2) is 11.6 Å². The third-order valence-electron chi connectivity index (χ3n) is 3.90. The van der Waals surface area contributed by atoms with E-state index in [9.17, 15) is 28.7 Å². The number of aromatic hydroxyl groups is 1. The molecule has 1 N–H and O–H groups in total. The first-order valence-corrected chi connectivity index (χ1v) is 9.21. The number of ether oxygens (including phenoxy) is 3. The number of hydrogen-bond acceptors (Lipinski definition) is 8. The average molecular weight is 451 g/mol. The summed E-state index contributed by atoms with van der Waals surface area (Å²) in [7, 11) is 1.50. The maximum atomic E-state index is 11.5. The molecule has 0 aliphatic heterocycles. The van der Waals surface area contributed by atoms with Gasteiger partial charge in [0, 0.05) is 11.1 Å². The fourth-order valence-electron chi connectivity index (χ4n) is 2.33. The van der Waals surface area contributed by atoms with Crippen molar-refractivity contribution in [2.24, 2.45) is 0 Å². The number of halogens is 1. The van der Waals surface area contributed by atoms with Crippen LogP contribution in [0, 0.1) is 0 Å². The second-order valence-corrected chi connectivity index (χ2v) is 5.97. The lowest BCUT2D eigenvalue weighted by Gasteiger charge is -2.09. The summed E-state index contributed by atoms with van der Waals surface area (Å²) < 4.78 is 29.9. The Morgan fingerprint density at radius 2 is 1.34 bits per heavy atom. The molecule has 0 bridgehead atoms. The Balaban J connectivity index is 0.000000558. The van der Waals surface area contributed by atoms with Gasteiger partial charge in [0.2, 0.25) is 0 Å². The molecule has 0 saturated carbocycles. The number of Topliss-reactive ketones (excluding diaryl/α,β-unsaturated/α-hetero) is 2. The second-order valence-electron chi connectivity index (χ2n) is 5.97. The van der Waals surface area contributed by atoms with Crippen LogP contribution in [0.2, 0.25) is 0 Å². The van der Waals surface area contributed by atoms with E-state index < -0.39 is 19.1 Å². The minimum absolute atomic E-state index is 0.000185. The van der Waals surface area contributed by atoms with Gasteiger partial charge in [0.1, 0.15) is 22.6 Å². The van der Waals surface area contributed by atoms with Crippen LogP contribution in [0.5, 0.6) is 11.5 Å². The zero-order valence-corrected chi connectivity index (χ0v) is 18.6. The van der Waals surface area contributed by atoms with E-state index in [0.717, 1.165) is 0 Å². The lowest BCUT2D eigenvalue weighted by atomic mass is 10.1. The maximum absolute atomic E-state index is 11.5. The zero-order chi connectivity index (χ0) is 25.6. The Morgan fingerprint density at radius 1 is 0.906 bits per heavy atom. The van der Waals surface area contributed by atoms with Crippen molar-refractivity contribution in [3.63, 3.8) is 0 Å². The minimum Gasteiger partial charge on any atom is -0.507 e. The Morgan fingerprint density at radius 3 is 1.78 bits per heavy atom. The number of esters is 2. The van der Waals surface area contributed by atoms with Gasteiger partial charge in [-0.3, -0.25) is 14.0 Å². The van der Waals surface area contributed by atoms with Crippen LogP contribution in [0.15, 0.2) is 36.4 Å². The number of alkyl halides is 1. The molecule has 2 rings (SSSR count). The summed E-state index contributed by atoms with van der Waals surface area (Å²) >= 11 is 0. The first-order chi connectivity index (χ1) is 15.6. The standard InChI is InChI=1S/C12H14O4.C10H10O4.CH3F/c1-4-16-11-6-5-9(8(2)13)7-10(11)12(14)15-3;1-6(11)7-3-4-9(12)8(5-7)10(13)14-2;1-2/h5-7H,4H2,1-3H3;3-5,12H,1-2H3;1H3/i;;1D. The molecule has 9 heteroatoms. The highest BCUT2D eigenvalue weighted by atomic mass is 19.1. The lowest BCUT2D eigenvalue weighted by Crippen LogP contribution is -2.07. The molecule has 0 saturated heterocycles. The molecule has 174 valence electrons. The predicted octanol–water partition coefficient (Wildman–Crippen LogP) is 4.04. The molecule has 0 fully saturated rings. The predicted molar refractivity (Wildman–Crippen MR) is 115 cm³/mol. The number of benzene rings is 2. The molecule has 0 radical (unpaired) electrons. The van der Waals surface area contributed by atoms with Gasteiger partial charge in [-0.25, -0.2) is 9.59 Å². The van der Waals surface area contributed by atoms with Crippen molar-refractivity contribution in [2.75, 3.05) is 28.0 Å². The molecule has 0 aliphatic carbocycles. The highest BCUT2D eigenvalue weighted by Gasteiger charge is 2.15. The molecule has 2 aromatic rings. The number of methoxy groups -OCH3 is 2. The Kier molecular flexibility index (Phi) is 11.7. The first kappa shape index (κ1) is 26.3. The molecule has 2 aromatic carbocycles. The van der Waals surface area contributed by atoms with E-state index >= 15 is 0 Å². The summed E-state index contributed by atoms with van der Waals surface area (Å²) in [4.78, 5) is 44.8. The van der Waals surface area contributed by atoms with Crippen LogP contribution in [0.25, 0.3) is 0 Å². The van der Waals surface area contributed by atoms with Gasteiger partial charge in [-0.15, -0.1) is 0 Å². The van der Waals surface area contributed by atoms with Gasteiger partial charge in [0.05, 0.1) is 29.4 Å². The third kappa shape index (κ3) is 8.17. The van der Waals surface area contributed by atoms with E-state index in [4.69, 9.17) is 6.11 Å². The van der Waals surface area contributed by atoms with Gasteiger partial charge in [0.25, 0.3) is 0 Å². The van der Waals surface area contributed by atoms with Gasteiger partial charge in [-0.05, 0) is 57.2 Å². The molecular weight excluding hydrogens is 423 g/mol. The van der Waals surface area contributed by atoms with Crippen molar-refractivity contribution < 1.29 is 44.3 Å². The Bertz CT molecular complexity index is 975.